The molecule has 11 aromatic rings. The van der Waals surface area contributed by atoms with Crippen LogP contribution in [0.5, 0.6) is 0 Å². The molecule has 4 nitrogen and oxygen atoms in total. The molecule has 0 saturated heterocycles. The standard InChI is InChI=1S/C36H22N2S.C10H5F2N2.Ir/c1-5-13-31-25(9-1)26-10-2-6-14-32(26)37(31)23-17-19-35-29(21-23)30-22-24(18-20-36(30)39-35)38-33-15-7-3-11-27(33)28-12-4-8-16-34(28)38;11-9-5-4-7(10(12)14-9)8-3-1-2-6-13-8;/h1-22H;1-3,5-6H;/q;-1;. The third-order valence-electron chi connectivity index (χ3n) is 9.78. The zero-order chi connectivity index (χ0) is 35.5. The third-order valence-corrected chi connectivity index (χ3v) is 10.9. The van der Waals surface area contributed by atoms with E-state index in [1.54, 1.807) is 18.2 Å². The maximum absolute atomic E-state index is 13.1. The van der Waals surface area contributed by atoms with Crippen molar-refractivity contribution in [1.82, 2.24) is 19.1 Å². The first kappa shape index (κ1) is 33.8. The molecule has 261 valence electrons. The van der Waals surface area contributed by atoms with E-state index in [-0.39, 0.29) is 25.7 Å². The predicted molar refractivity (Wildman–Crippen MR) is 214 cm³/mol. The van der Waals surface area contributed by atoms with Crippen molar-refractivity contribution in [1.29, 1.82) is 0 Å². The Balaban J connectivity index is 0.000000218. The van der Waals surface area contributed by atoms with Crippen LogP contribution >= 0.6 is 11.3 Å². The van der Waals surface area contributed by atoms with Gasteiger partial charge < -0.3 is 14.1 Å². The van der Waals surface area contributed by atoms with E-state index in [9.17, 15) is 8.78 Å². The zero-order valence-electron chi connectivity index (χ0n) is 28.4. The molecule has 0 saturated carbocycles. The first-order valence-electron chi connectivity index (χ1n) is 17.2. The average molecular weight is 898 g/mol. The molecule has 0 aliphatic rings. The first-order chi connectivity index (χ1) is 26.1. The SMILES string of the molecule is Fc1c[c-]c(-c2ccccn2)c(F)n1.[Ir].c1ccc2c(c1)c1ccccc1n2-c1ccc2sc3ccc(-n4c5ccccc5c5ccccc54)cc3c2c1. The molecule has 0 amide bonds. The maximum Gasteiger partial charge on any atom is 0.128 e. The molecule has 1 radical (unpaired) electrons. The fourth-order valence-corrected chi connectivity index (χ4v) is 8.56. The van der Waals surface area contributed by atoms with Crippen molar-refractivity contribution in [2.24, 2.45) is 0 Å². The van der Waals surface area contributed by atoms with E-state index in [0.717, 1.165) is 6.07 Å². The van der Waals surface area contributed by atoms with Crippen molar-refractivity contribution in [3.8, 4) is 22.6 Å². The Hall–Kier alpha value is -6.05. The second-order valence-corrected chi connectivity index (χ2v) is 13.9. The minimum absolute atomic E-state index is 0. The molecule has 0 unspecified atom stereocenters. The van der Waals surface area contributed by atoms with Crippen molar-refractivity contribution in [3.63, 3.8) is 0 Å². The van der Waals surface area contributed by atoms with Crippen LogP contribution in [-0.2, 0) is 20.1 Å². The minimum Gasteiger partial charge on any atom is -0.309 e. The van der Waals surface area contributed by atoms with Crippen LogP contribution in [0.2, 0.25) is 0 Å². The number of nitrogens with zero attached hydrogens (tertiary/aromatic N) is 4. The number of para-hydroxylation sites is 4. The minimum atomic E-state index is -0.899. The Labute approximate surface area is 325 Å². The summed E-state index contributed by atoms with van der Waals surface area (Å²) in [6.07, 6.45) is 1.52. The molecule has 0 bridgehead atoms. The number of aromatic nitrogens is 4. The van der Waals surface area contributed by atoms with Gasteiger partial charge in [-0.2, -0.15) is 0 Å². The van der Waals surface area contributed by atoms with Gasteiger partial charge in [-0.25, -0.2) is 8.78 Å². The summed E-state index contributed by atoms with van der Waals surface area (Å²) >= 11 is 1.87. The molecule has 0 aliphatic heterocycles. The summed E-state index contributed by atoms with van der Waals surface area (Å²) in [7, 11) is 0. The second kappa shape index (κ2) is 13.7. The fourth-order valence-electron chi connectivity index (χ4n) is 7.50. The molecule has 11 rings (SSSR count). The van der Waals surface area contributed by atoms with Gasteiger partial charge in [0.1, 0.15) is 11.9 Å². The van der Waals surface area contributed by atoms with Gasteiger partial charge in [-0.05, 0) is 72.4 Å². The molecule has 5 aromatic heterocycles. The summed E-state index contributed by atoms with van der Waals surface area (Å²) in [5.74, 6) is -1.79. The largest absolute Gasteiger partial charge is 0.309 e. The van der Waals surface area contributed by atoms with Crippen molar-refractivity contribution in [3.05, 3.63) is 182 Å². The van der Waals surface area contributed by atoms with Gasteiger partial charge in [0.25, 0.3) is 0 Å². The van der Waals surface area contributed by atoms with Crippen LogP contribution in [0, 0.1) is 18.0 Å². The van der Waals surface area contributed by atoms with Crippen LogP contribution in [0.4, 0.5) is 8.78 Å². The normalized spacial score (nSPS) is 11.4. The Morgan fingerprint density at radius 2 is 0.944 bits per heavy atom. The number of benzene rings is 6. The van der Waals surface area contributed by atoms with Crippen molar-refractivity contribution in [2.45, 2.75) is 0 Å². The van der Waals surface area contributed by atoms with Gasteiger partial charge in [0.05, 0.1) is 22.1 Å². The number of pyridine rings is 2. The molecule has 0 N–H and O–H groups in total. The number of hydrogen-bond acceptors (Lipinski definition) is 3. The van der Waals surface area contributed by atoms with Crippen molar-refractivity contribution < 1.29 is 28.9 Å². The van der Waals surface area contributed by atoms with Crippen molar-refractivity contribution >= 4 is 75.1 Å². The van der Waals surface area contributed by atoms with Crippen molar-refractivity contribution in [2.75, 3.05) is 0 Å². The second-order valence-electron chi connectivity index (χ2n) is 12.8. The number of fused-ring (bicyclic) bond motifs is 9. The zero-order valence-corrected chi connectivity index (χ0v) is 31.6. The smallest absolute Gasteiger partial charge is 0.128 e. The van der Waals surface area contributed by atoms with Crippen LogP contribution in [-0.4, -0.2) is 19.1 Å². The van der Waals surface area contributed by atoms with Gasteiger partial charge in [-0.1, -0.05) is 96.6 Å². The molecule has 54 heavy (non-hydrogen) atoms. The summed E-state index contributed by atoms with van der Waals surface area (Å²) in [6, 6.07) is 57.2. The average Bonchev–Trinajstić information content (AvgIpc) is 3.86. The molecule has 0 spiro atoms. The maximum atomic E-state index is 13.1. The van der Waals surface area contributed by atoms with E-state index >= 15 is 0 Å². The van der Waals surface area contributed by atoms with E-state index in [2.05, 4.69) is 159 Å². The molecule has 0 fully saturated rings. The first-order valence-corrected chi connectivity index (χ1v) is 18.0. The van der Waals surface area contributed by atoms with E-state index in [0.29, 0.717) is 5.69 Å². The number of rotatable bonds is 3. The van der Waals surface area contributed by atoms with Gasteiger partial charge in [0.2, 0.25) is 0 Å². The monoisotopic (exact) mass is 898 g/mol. The molecular weight excluding hydrogens is 871 g/mol. The number of thiophene rings is 1. The molecule has 5 heterocycles. The van der Waals surface area contributed by atoms with E-state index in [1.807, 2.05) is 11.3 Å². The van der Waals surface area contributed by atoms with Gasteiger partial charge >= 0.3 is 0 Å². The quantitative estimate of drug-likeness (QED) is 0.131. The van der Waals surface area contributed by atoms with Gasteiger partial charge in [-0.3, -0.25) is 4.98 Å². The van der Waals surface area contributed by atoms with E-state index < -0.39 is 11.9 Å². The van der Waals surface area contributed by atoms with Crippen LogP contribution in [0.25, 0.3) is 86.4 Å². The molecule has 0 aliphatic carbocycles. The Morgan fingerprint density at radius 1 is 0.500 bits per heavy atom. The molecular formula is C46H27F2IrN4S-. The topological polar surface area (TPSA) is 35.6 Å². The third kappa shape index (κ3) is 5.58. The van der Waals surface area contributed by atoms with Gasteiger partial charge in [-0.15, -0.1) is 17.4 Å². The Bertz CT molecular complexity index is 2890. The van der Waals surface area contributed by atoms with Crippen LogP contribution in [0.3, 0.4) is 0 Å². The van der Waals surface area contributed by atoms with Crippen LogP contribution < -0.4 is 0 Å². The molecule has 0 atom stereocenters. The summed E-state index contributed by atoms with van der Waals surface area (Å²) in [6.45, 7) is 0. The van der Waals surface area contributed by atoms with Gasteiger partial charge in [0, 0.05) is 79.4 Å². The summed E-state index contributed by atoms with van der Waals surface area (Å²) in [5, 5.41) is 7.76. The number of hydrogen-bond donors (Lipinski definition) is 0. The Kier molecular flexibility index (Phi) is 8.59. The predicted octanol–water partition coefficient (Wildman–Crippen LogP) is 12.5. The molecule has 8 heteroatoms. The summed E-state index contributed by atoms with van der Waals surface area (Å²) < 4.78 is 33.0. The summed E-state index contributed by atoms with van der Waals surface area (Å²) in [4.78, 5) is 6.95. The van der Waals surface area contributed by atoms with Crippen LogP contribution in [0.1, 0.15) is 0 Å². The summed E-state index contributed by atoms with van der Waals surface area (Å²) in [5.41, 5.74) is 7.81. The Morgan fingerprint density at radius 3 is 1.37 bits per heavy atom. The van der Waals surface area contributed by atoms with E-state index in [4.69, 9.17) is 0 Å². The van der Waals surface area contributed by atoms with Crippen LogP contribution in [0.15, 0.2) is 164 Å². The molecule has 6 aromatic carbocycles. The fraction of sp³-hybridized carbons (Fsp3) is 0. The van der Waals surface area contributed by atoms with Gasteiger partial charge in [0.15, 0.2) is 0 Å². The van der Waals surface area contributed by atoms with E-state index in [1.165, 1.54) is 81.4 Å². The number of halogens is 2.